The van der Waals surface area contributed by atoms with Crippen molar-refractivity contribution in [2.75, 3.05) is 0 Å². The molecular formula is C9H13S. The molecule has 1 aromatic rings. The SMILES string of the molecule is [CH2]CCCCc1cccs1. The molecule has 0 aliphatic carbocycles. The molecule has 1 heteroatoms. The molecular weight excluding hydrogens is 140 g/mol. The number of hydrogen-bond acceptors (Lipinski definition) is 1. The maximum atomic E-state index is 3.81. The van der Waals surface area contributed by atoms with Crippen LogP contribution < -0.4 is 0 Å². The highest BCUT2D eigenvalue weighted by molar-refractivity contribution is 7.09. The van der Waals surface area contributed by atoms with Crippen LogP contribution in [-0.2, 0) is 6.42 Å². The van der Waals surface area contributed by atoms with Crippen LogP contribution in [0.5, 0.6) is 0 Å². The van der Waals surface area contributed by atoms with Gasteiger partial charge >= 0.3 is 0 Å². The third kappa shape index (κ3) is 2.53. The van der Waals surface area contributed by atoms with Crippen LogP contribution in [0.25, 0.3) is 0 Å². The Hall–Kier alpha value is -0.300. The van der Waals surface area contributed by atoms with Gasteiger partial charge in [0.1, 0.15) is 0 Å². The molecule has 0 fully saturated rings. The van der Waals surface area contributed by atoms with Crippen LogP contribution in [-0.4, -0.2) is 0 Å². The predicted octanol–water partition coefficient (Wildman–Crippen LogP) is 3.29. The van der Waals surface area contributed by atoms with Gasteiger partial charge in [0.05, 0.1) is 0 Å². The first-order chi connectivity index (χ1) is 4.93. The second kappa shape index (κ2) is 4.51. The summed E-state index contributed by atoms with van der Waals surface area (Å²) in [4.78, 5) is 1.51. The van der Waals surface area contributed by atoms with Crippen molar-refractivity contribution in [3.05, 3.63) is 29.3 Å². The second-order valence-corrected chi connectivity index (χ2v) is 3.42. The van der Waals surface area contributed by atoms with Crippen LogP contribution in [0.3, 0.4) is 0 Å². The first-order valence-electron chi connectivity index (χ1n) is 3.75. The topological polar surface area (TPSA) is 0 Å². The summed E-state index contributed by atoms with van der Waals surface area (Å²) in [5.74, 6) is 0. The fourth-order valence-electron chi connectivity index (χ4n) is 0.931. The summed E-state index contributed by atoms with van der Waals surface area (Å²) in [6.07, 6.45) is 4.88. The van der Waals surface area contributed by atoms with Crippen LogP contribution in [0.1, 0.15) is 24.1 Å². The van der Waals surface area contributed by atoms with Crippen LogP contribution in [0.2, 0.25) is 0 Å². The Morgan fingerprint density at radius 3 is 2.90 bits per heavy atom. The van der Waals surface area contributed by atoms with E-state index < -0.39 is 0 Å². The summed E-state index contributed by atoms with van der Waals surface area (Å²) < 4.78 is 0. The van der Waals surface area contributed by atoms with Crippen molar-refractivity contribution in [2.24, 2.45) is 0 Å². The molecule has 0 aliphatic rings. The molecule has 10 heavy (non-hydrogen) atoms. The van der Waals surface area contributed by atoms with E-state index in [4.69, 9.17) is 0 Å². The lowest BCUT2D eigenvalue weighted by Crippen LogP contribution is -1.78. The van der Waals surface area contributed by atoms with Crippen molar-refractivity contribution in [1.82, 2.24) is 0 Å². The molecule has 0 saturated heterocycles. The van der Waals surface area contributed by atoms with E-state index in [2.05, 4.69) is 24.4 Å². The van der Waals surface area contributed by atoms with Crippen LogP contribution >= 0.6 is 11.3 Å². The molecule has 1 aromatic heterocycles. The molecule has 1 rings (SSSR count). The second-order valence-electron chi connectivity index (χ2n) is 2.39. The van der Waals surface area contributed by atoms with E-state index in [1.54, 1.807) is 0 Å². The molecule has 0 amide bonds. The Bertz CT molecular complexity index is 153. The number of aryl methyl sites for hydroxylation is 1. The molecule has 0 saturated carbocycles. The molecule has 0 spiro atoms. The molecule has 0 nitrogen and oxygen atoms in total. The van der Waals surface area contributed by atoms with E-state index in [1.807, 2.05) is 11.3 Å². The van der Waals surface area contributed by atoms with E-state index in [-0.39, 0.29) is 0 Å². The monoisotopic (exact) mass is 153 g/mol. The molecule has 0 aromatic carbocycles. The standard InChI is InChI=1S/C9H13S/c1-2-3-4-6-9-7-5-8-10-9/h5,7-8H,1-4,6H2. The van der Waals surface area contributed by atoms with Crippen molar-refractivity contribution >= 4 is 11.3 Å². The minimum absolute atomic E-state index is 1.07. The first-order valence-corrected chi connectivity index (χ1v) is 4.63. The Kier molecular flexibility index (Phi) is 3.52. The molecule has 0 atom stereocenters. The number of rotatable bonds is 4. The lowest BCUT2D eigenvalue weighted by atomic mass is 10.2. The molecule has 0 bridgehead atoms. The van der Waals surface area contributed by atoms with Gasteiger partial charge in [-0.2, -0.15) is 0 Å². The summed E-state index contributed by atoms with van der Waals surface area (Å²) in [6, 6.07) is 4.32. The van der Waals surface area contributed by atoms with Crippen molar-refractivity contribution in [1.29, 1.82) is 0 Å². The lowest BCUT2D eigenvalue weighted by Gasteiger charge is -1.93. The van der Waals surface area contributed by atoms with Gasteiger partial charge in [-0.3, -0.25) is 0 Å². The summed E-state index contributed by atoms with van der Waals surface area (Å²) >= 11 is 1.85. The van der Waals surface area contributed by atoms with Gasteiger partial charge in [0.15, 0.2) is 0 Å². The molecule has 0 N–H and O–H groups in total. The van der Waals surface area contributed by atoms with Gasteiger partial charge in [-0.25, -0.2) is 0 Å². The van der Waals surface area contributed by atoms with Gasteiger partial charge in [0, 0.05) is 4.88 Å². The van der Waals surface area contributed by atoms with Gasteiger partial charge in [-0.15, -0.1) is 11.3 Å². The quantitative estimate of drug-likeness (QED) is 0.582. The Morgan fingerprint density at radius 2 is 2.30 bits per heavy atom. The molecule has 0 unspecified atom stereocenters. The van der Waals surface area contributed by atoms with E-state index >= 15 is 0 Å². The number of thiophene rings is 1. The third-order valence-corrected chi connectivity index (χ3v) is 2.44. The van der Waals surface area contributed by atoms with E-state index in [0.717, 1.165) is 6.42 Å². The van der Waals surface area contributed by atoms with Gasteiger partial charge in [0.25, 0.3) is 0 Å². The molecule has 1 heterocycles. The molecule has 1 radical (unpaired) electrons. The zero-order valence-electron chi connectivity index (χ0n) is 6.18. The van der Waals surface area contributed by atoms with Crippen molar-refractivity contribution in [3.63, 3.8) is 0 Å². The van der Waals surface area contributed by atoms with Crippen molar-refractivity contribution < 1.29 is 0 Å². The Balaban J connectivity index is 2.15. The van der Waals surface area contributed by atoms with Gasteiger partial charge < -0.3 is 0 Å². The zero-order valence-corrected chi connectivity index (χ0v) is 6.99. The minimum atomic E-state index is 1.07. The smallest absolute Gasteiger partial charge is 0.00452 e. The summed E-state index contributed by atoms with van der Waals surface area (Å²) in [5.41, 5.74) is 0. The minimum Gasteiger partial charge on any atom is -0.149 e. The molecule has 55 valence electrons. The summed E-state index contributed by atoms with van der Waals surface area (Å²) in [7, 11) is 0. The van der Waals surface area contributed by atoms with Gasteiger partial charge in [-0.05, 0) is 24.3 Å². The van der Waals surface area contributed by atoms with Gasteiger partial charge in [-0.1, -0.05) is 25.8 Å². The average molecular weight is 153 g/mol. The van der Waals surface area contributed by atoms with E-state index in [0.29, 0.717) is 0 Å². The highest BCUT2D eigenvalue weighted by Crippen LogP contribution is 2.12. The maximum absolute atomic E-state index is 3.81. The van der Waals surface area contributed by atoms with Crippen molar-refractivity contribution in [2.45, 2.75) is 25.7 Å². The van der Waals surface area contributed by atoms with E-state index in [9.17, 15) is 0 Å². The highest BCUT2D eigenvalue weighted by atomic mass is 32.1. The predicted molar refractivity (Wildman–Crippen MR) is 47.2 cm³/mol. The highest BCUT2D eigenvalue weighted by Gasteiger charge is 1.91. The fourth-order valence-corrected chi connectivity index (χ4v) is 1.68. The van der Waals surface area contributed by atoms with Crippen LogP contribution in [0.15, 0.2) is 17.5 Å². The number of unbranched alkanes of at least 4 members (excludes halogenated alkanes) is 2. The Labute approximate surface area is 66.9 Å². The Morgan fingerprint density at radius 1 is 1.40 bits per heavy atom. The largest absolute Gasteiger partial charge is 0.149 e. The normalized spacial score (nSPS) is 10.1. The fraction of sp³-hybridized carbons (Fsp3) is 0.444. The first kappa shape index (κ1) is 7.80. The van der Waals surface area contributed by atoms with Crippen LogP contribution in [0.4, 0.5) is 0 Å². The molecule has 0 aliphatic heterocycles. The van der Waals surface area contributed by atoms with Gasteiger partial charge in [0.2, 0.25) is 0 Å². The maximum Gasteiger partial charge on any atom is 0.00452 e. The van der Waals surface area contributed by atoms with Crippen molar-refractivity contribution in [3.8, 4) is 0 Å². The average Bonchev–Trinajstić information content (AvgIpc) is 2.41. The third-order valence-electron chi connectivity index (χ3n) is 1.50. The summed E-state index contributed by atoms with van der Waals surface area (Å²) in [6.45, 7) is 3.81. The lowest BCUT2D eigenvalue weighted by molar-refractivity contribution is 0.752. The van der Waals surface area contributed by atoms with Crippen LogP contribution in [0, 0.1) is 6.92 Å². The number of hydrogen-bond donors (Lipinski definition) is 0. The zero-order chi connectivity index (χ0) is 7.23. The summed E-state index contributed by atoms with van der Waals surface area (Å²) in [5, 5.41) is 2.14. The van der Waals surface area contributed by atoms with E-state index in [1.165, 1.54) is 24.1 Å².